The van der Waals surface area contributed by atoms with Gasteiger partial charge in [0.15, 0.2) is 0 Å². The molecule has 4 heteroatoms. The quantitative estimate of drug-likeness (QED) is 0.824. The smallest absolute Gasteiger partial charge is 0.147 e. The fraction of sp³-hybridized carbons (Fsp3) is 0.300. The number of nitrogens with zero attached hydrogens (tertiary/aromatic N) is 2. The predicted octanol–water partition coefficient (Wildman–Crippen LogP) is 2.96. The molecule has 2 aromatic rings. The molecule has 0 saturated carbocycles. The summed E-state index contributed by atoms with van der Waals surface area (Å²) in [5.74, 6) is 0. The van der Waals surface area contributed by atoms with Crippen molar-refractivity contribution < 1.29 is 4.74 Å². The Labute approximate surface area is 90.8 Å². The van der Waals surface area contributed by atoms with Crippen LogP contribution in [-0.4, -0.2) is 16.9 Å². The monoisotopic (exact) mass is 254 g/mol. The second kappa shape index (κ2) is 3.71. The van der Waals surface area contributed by atoms with Crippen LogP contribution in [0, 0.1) is 0 Å². The first-order valence-corrected chi connectivity index (χ1v) is 5.17. The number of rotatable bonds is 2. The number of fused-ring (bicyclic) bond motifs is 1. The highest BCUT2D eigenvalue weighted by Crippen LogP contribution is 2.21. The van der Waals surface area contributed by atoms with Gasteiger partial charge in [-0.3, -0.25) is 0 Å². The van der Waals surface area contributed by atoms with Gasteiger partial charge in [0.1, 0.15) is 6.23 Å². The van der Waals surface area contributed by atoms with Gasteiger partial charge in [-0.05, 0) is 25.1 Å². The van der Waals surface area contributed by atoms with Gasteiger partial charge in [-0.2, -0.15) is 5.10 Å². The van der Waals surface area contributed by atoms with E-state index < -0.39 is 0 Å². The van der Waals surface area contributed by atoms with E-state index in [1.807, 2.05) is 36.0 Å². The standard InChI is InChI=1S/C10H11BrN2O/c1-7(14-2)13-10-4-3-9(11)5-8(10)6-12-13/h3-7H,1-2H3. The fourth-order valence-corrected chi connectivity index (χ4v) is 1.79. The molecule has 0 bridgehead atoms. The predicted molar refractivity (Wildman–Crippen MR) is 59.2 cm³/mol. The molecule has 0 N–H and O–H groups in total. The third-order valence-electron chi connectivity index (χ3n) is 2.24. The highest BCUT2D eigenvalue weighted by Gasteiger charge is 2.07. The number of benzene rings is 1. The van der Waals surface area contributed by atoms with Gasteiger partial charge in [0.05, 0.1) is 11.7 Å². The third-order valence-corrected chi connectivity index (χ3v) is 2.74. The second-order valence-electron chi connectivity index (χ2n) is 3.13. The molecule has 2 rings (SSSR count). The Morgan fingerprint density at radius 2 is 2.29 bits per heavy atom. The van der Waals surface area contributed by atoms with Crippen molar-refractivity contribution in [1.29, 1.82) is 0 Å². The van der Waals surface area contributed by atoms with Gasteiger partial charge >= 0.3 is 0 Å². The molecule has 0 aliphatic heterocycles. The van der Waals surface area contributed by atoms with Crippen LogP contribution in [0.1, 0.15) is 13.2 Å². The number of halogens is 1. The van der Waals surface area contributed by atoms with E-state index in [1.54, 1.807) is 7.11 Å². The van der Waals surface area contributed by atoms with Gasteiger partial charge in [-0.25, -0.2) is 4.68 Å². The number of methoxy groups -OCH3 is 1. The zero-order valence-electron chi connectivity index (χ0n) is 8.07. The first-order valence-electron chi connectivity index (χ1n) is 4.38. The van der Waals surface area contributed by atoms with Crippen LogP contribution in [0.2, 0.25) is 0 Å². The molecule has 0 aliphatic carbocycles. The van der Waals surface area contributed by atoms with Crippen molar-refractivity contribution in [3.63, 3.8) is 0 Å². The van der Waals surface area contributed by atoms with Crippen molar-refractivity contribution in [3.05, 3.63) is 28.9 Å². The molecule has 0 aliphatic rings. The highest BCUT2D eigenvalue weighted by molar-refractivity contribution is 9.10. The number of aromatic nitrogens is 2. The topological polar surface area (TPSA) is 27.1 Å². The van der Waals surface area contributed by atoms with Gasteiger partial charge in [-0.15, -0.1) is 0 Å². The Morgan fingerprint density at radius 3 is 3.00 bits per heavy atom. The van der Waals surface area contributed by atoms with E-state index in [-0.39, 0.29) is 6.23 Å². The van der Waals surface area contributed by atoms with Crippen molar-refractivity contribution in [2.24, 2.45) is 0 Å². The second-order valence-corrected chi connectivity index (χ2v) is 4.04. The summed E-state index contributed by atoms with van der Waals surface area (Å²) >= 11 is 3.43. The lowest BCUT2D eigenvalue weighted by Crippen LogP contribution is -2.07. The van der Waals surface area contributed by atoms with E-state index in [0.29, 0.717) is 0 Å². The lowest BCUT2D eigenvalue weighted by atomic mass is 10.2. The first kappa shape index (κ1) is 9.68. The molecule has 1 unspecified atom stereocenters. The lowest BCUT2D eigenvalue weighted by Gasteiger charge is -2.10. The van der Waals surface area contributed by atoms with E-state index in [0.717, 1.165) is 15.4 Å². The van der Waals surface area contributed by atoms with Gasteiger partial charge in [-0.1, -0.05) is 15.9 Å². The molecule has 1 heterocycles. The summed E-state index contributed by atoms with van der Waals surface area (Å²) < 4.78 is 8.15. The zero-order valence-corrected chi connectivity index (χ0v) is 9.65. The van der Waals surface area contributed by atoms with E-state index in [9.17, 15) is 0 Å². The molecular weight excluding hydrogens is 244 g/mol. The summed E-state index contributed by atoms with van der Waals surface area (Å²) in [7, 11) is 1.68. The van der Waals surface area contributed by atoms with Crippen molar-refractivity contribution in [2.45, 2.75) is 13.2 Å². The average molecular weight is 255 g/mol. The first-order chi connectivity index (χ1) is 6.72. The Bertz CT molecular complexity index is 452. The maximum atomic E-state index is 5.22. The summed E-state index contributed by atoms with van der Waals surface area (Å²) in [4.78, 5) is 0. The van der Waals surface area contributed by atoms with Crippen molar-refractivity contribution in [3.8, 4) is 0 Å². The number of hydrogen-bond donors (Lipinski definition) is 0. The molecule has 14 heavy (non-hydrogen) atoms. The van der Waals surface area contributed by atoms with Crippen LogP contribution in [0.5, 0.6) is 0 Å². The van der Waals surface area contributed by atoms with Crippen molar-refractivity contribution >= 4 is 26.8 Å². The average Bonchev–Trinajstić information content (AvgIpc) is 2.59. The minimum Gasteiger partial charge on any atom is -0.360 e. The van der Waals surface area contributed by atoms with E-state index in [4.69, 9.17) is 4.74 Å². The molecule has 1 atom stereocenters. The van der Waals surface area contributed by atoms with Gasteiger partial charge < -0.3 is 4.74 Å². The van der Waals surface area contributed by atoms with E-state index in [1.165, 1.54) is 0 Å². The normalized spacial score (nSPS) is 13.4. The molecule has 0 fully saturated rings. The third kappa shape index (κ3) is 1.55. The maximum absolute atomic E-state index is 5.22. The largest absolute Gasteiger partial charge is 0.360 e. The summed E-state index contributed by atoms with van der Waals surface area (Å²) in [6.45, 7) is 1.97. The summed E-state index contributed by atoms with van der Waals surface area (Å²) in [6, 6.07) is 6.08. The Hall–Kier alpha value is -0.870. The molecule has 0 radical (unpaired) electrons. The molecule has 74 valence electrons. The Kier molecular flexibility index (Phi) is 2.56. The van der Waals surface area contributed by atoms with Crippen LogP contribution >= 0.6 is 15.9 Å². The molecular formula is C10H11BrN2O. The Balaban J connectivity index is 2.58. The molecule has 0 saturated heterocycles. The summed E-state index contributed by atoms with van der Waals surface area (Å²) in [6.07, 6.45) is 1.81. The SMILES string of the molecule is COC(C)n1ncc2cc(Br)ccc21. The van der Waals surface area contributed by atoms with Crippen LogP contribution in [0.4, 0.5) is 0 Å². The minimum atomic E-state index is -0.0336. The van der Waals surface area contributed by atoms with Gasteiger partial charge in [0.25, 0.3) is 0 Å². The maximum Gasteiger partial charge on any atom is 0.147 e. The van der Waals surface area contributed by atoms with Gasteiger partial charge in [0, 0.05) is 17.0 Å². The van der Waals surface area contributed by atoms with Crippen molar-refractivity contribution in [1.82, 2.24) is 9.78 Å². The molecule has 0 spiro atoms. The van der Waals surface area contributed by atoms with Crippen LogP contribution in [0.15, 0.2) is 28.9 Å². The highest BCUT2D eigenvalue weighted by atomic mass is 79.9. The summed E-state index contributed by atoms with van der Waals surface area (Å²) in [5.41, 5.74) is 1.09. The van der Waals surface area contributed by atoms with Gasteiger partial charge in [0.2, 0.25) is 0 Å². The number of hydrogen-bond acceptors (Lipinski definition) is 2. The molecule has 3 nitrogen and oxygen atoms in total. The van der Waals surface area contributed by atoms with Crippen LogP contribution < -0.4 is 0 Å². The lowest BCUT2D eigenvalue weighted by molar-refractivity contribution is 0.0539. The van der Waals surface area contributed by atoms with Crippen molar-refractivity contribution in [2.75, 3.05) is 7.11 Å². The zero-order chi connectivity index (χ0) is 10.1. The molecule has 1 aromatic carbocycles. The minimum absolute atomic E-state index is 0.0336. The molecule has 0 amide bonds. The molecule has 1 aromatic heterocycles. The Morgan fingerprint density at radius 1 is 1.50 bits per heavy atom. The van der Waals surface area contributed by atoms with Crippen LogP contribution in [0.25, 0.3) is 10.9 Å². The van der Waals surface area contributed by atoms with E-state index >= 15 is 0 Å². The number of ether oxygens (including phenoxy) is 1. The van der Waals surface area contributed by atoms with Crippen LogP contribution in [0.3, 0.4) is 0 Å². The summed E-state index contributed by atoms with van der Waals surface area (Å²) in [5, 5.41) is 5.39. The fourth-order valence-electron chi connectivity index (χ4n) is 1.41. The van der Waals surface area contributed by atoms with E-state index in [2.05, 4.69) is 21.0 Å². The van der Waals surface area contributed by atoms with Crippen LogP contribution in [-0.2, 0) is 4.74 Å².